The molecule has 28 heavy (non-hydrogen) atoms. The van der Waals surface area contributed by atoms with Crippen molar-refractivity contribution in [2.75, 3.05) is 26.2 Å². The van der Waals surface area contributed by atoms with Gasteiger partial charge in [0.2, 0.25) is 5.91 Å². The molecule has 0 bridgehead atoms. The van der Waals surface area contributed by atoms with Gasteiger partial charge in [0.25, 0.3) is 0 Å². The Morgan fingerprint density at radius 2 is 1.82 bits per heavy atom. The molecule has 1 amide bonds. The van der Waals surface area contributed by atoms with Gasteiger partial charge in [0.15, 0.2) is 0 Å². The molecule has 0 radical (unpaired) electrons. The third-order valence-corrected chi connectivity index (χ3v) is 5.50. The Kier molecular flexibility index (Phi) is 7.54. The third-order valence-electron chi connectivity index (χ3n) is 4.76. The lowest BCUT2D eigenvalue weighted by Gasteiger charge is -2.32. The van der Waals surface area contributed by atoms with Crippen LogP contribution in [0, 0.1) is 5.82 Å². The van der Waals surface area contributed by atoms with E-state index in [1.54, 1.807) is 24.3 Å². The number of amides is 1. The fourth-order valence-electron chi connectivity index (χ4n) is 3.20. The van der Waals surface area contributed by atoms with Crippen molar-refractivity contribution in [3.05, 3.63) is 63.9 Å². The molecule has 0 saturated carbocycles. The highest BCUT2D eigenvalue weighted by Gasteiger charge is 2.20. The summed E-state index contributed by atoms with van der Waals surface area (Å²) in [6, 6.07) is 11.3. The number of rotatable bonds is 7. The van der Waals surface area contributed by atoms with Crippen LogP contribution in [0.2, 0.25) is 10.0 Å². The van der Waals surface area contributed by atoms with E-state index in [0.29, 0.717) is 16.6 Å². The summed E-state index contributed by atoms with van der Waals surface area (Å²) < 4.78 is 18.9. The second-order valence-corrected chi connectivity index (χ2v) is 7.70. The highest BCUT2D eigenvalue weighted by atomic mass is 35.5. The highest BCUT2D eigenvalue weighted by Crippen LogP contribution is 2.28. The number of likely N-dealkylation sites (tertiary alicyclic amines) is 1. The zero-order valence-electron chi connectivity index (χ0n) is 15.5. The Labute approximate surface area is 174 Å². The monoisotopic (exact) mass is 424 g/mol. The summed E-state index contributed by atoms with van der Waals surface area (Å²) in [6.45, 7) is 3.23. The van der Waals surface area contributed by atoms with Gasteiger partial charge < -0.3 is 15.0 Å². The van der Waals surface area contributed by atoms with Crippen LogP contribution in [0.1, 0.15) is 18.4 Å². The van der Waals surface area contributed by atoms with Crippen LogP contribution in [0.3, 0.4) is 0 Å². The normalized spacial score (nSPS) is 15.4. The van der Waals surface area contributed by atoms with Crippen LogP contribution in [0.15, 0.2) is 42.5 Å². The van der Waals surface area contributed by atoms with Gasteiger partial charge in [-0.3, -0.25) is 4.79 Å². The molecular weight excluding hydrogens is 402 g/mol. The minimum absolute atomic E-state index is 0.0514. The SMILES string of the molecule is O=C(Cc1ccc(F)cc1)NCCN1CCC(Oc2ccc(Cl)c(Cl)c2)CC1. The zero-order chi connectivity index (χ0) is 19.9. The molecule has 0 spiro atoms. The summed E-state index contributed by atoms with van der Waals surface area (Å²) in [5, 5.41) is 3.94. The van der Waals surface area contributed by atoms with Crippen molar-refractivity contribution in [1.82, 2.24) is 10.2 Å². The quantitative estimate of drug-likeness (QED) is 0.718. The van der Waals surface area contributed by atoms with Gasteiger partial charge >= 0.3 is 0 Å². The van der Waals surface area contributed by atoms with Crippen molar-refractivity contribution in [3.8, 4) is 5.75 Å². The van der Waals surface area contributed by atoms with E-state index in [9.17, 15) is 9.18 Å². The van der Waals surface area contributed by atoms with Crippen molar-refractivity contribution >= 4 is 29.1 Å². The van der Waals surface area contributed by atoms with E-state index in [2.05, 4.69) is 10.2 Å². The lowest BCUT2D eigenvalue weighted by molar-refractivity contribution is -0.120. The number of carbonyl (C=O) groups excluding carboxylic acids is 1. The largest absolute Gasteiger partial charge is 0.490 e. The Bertz CT molecular complexity index is 793. The van der Waals surface area contributed by atoms with Gasteiger partial charge in [-0.05, 0) is 42.7 Å². The van der Waals surface area contributed by atoms with Crippen LogP contribution in [-0.2, 0) is 11.2 Å². The molecule has 1 N–H and O–H groups in total. The number of halogens is 3. The summed E-state index contributed by atoms with van der Waals surface area (Å²) >= 11 is 11.9. The molecule has 1 aliphatic heterocycles. The van der Waals surface area contributed by atoms with Crippen molar-refractivity contribution in [2.45, 2.75) is 25.4 Å². The molecule has 4 nitrogen and oxygen atoms in total. The summed E-state index contributed by atoms with van der Waals surface area (Å²) in [6.07, 6.45) is 2.26. The van der Waals surface area contributed by atoms with Gasteiger partial charge in [0, 0.05) is 32.2 Å². The summed E-state index contributed by atoms with van der Waals surface area (Å²) in [5.41, 5.74) is 0.805. The molecule has 0 aliphatic carbocycles. The van der Waals surface area contributed by atoms with Crippen molar-refractivity contribution in [3.63, 3.8) is 0 Å². The van der Waals surface area contributed by atoms with E-state index in [4.69, 9.17) is 27.9 Å². The predicted molar refractivity (Wildman–Crippen MR) is 110 cm³/mol. The van der Waals surface area contributed by atoms with E-state index >= 15 is 0 Å². The van der Waals surface area contributed by atoms with Gasteiger partial charge in [-0.15, -0.1) is 0 Å². The Hall–Kier alpha value is -1.82. The van der Waals surface area contributed by atoms with E-state index in [1.165, 1.54) is 12.1 Å². The number of benzene rings is 2. The number of ether oxygens (including phenoxy) is 1. The second kappa shape index (κ2) is 10.1. The first-order valence-corrected chi connectivity index (χ1v) is 10.1. The second-order valence-electron chi connectivity index (χ2n) is 6.89. The van der Waals surface area contributed by atoms with Crippen molar-refractivity contribution < 1.29 is 13.9 Å². The van der Waals surface area contributed by atoms with Crippen molar-refractivity contribution in [2.24, 2.45) is 0 Å². The molecule has 1 fully saturated rings. The molecule has 0 aromatic heterocycles. The molecule has 2 aromatic carbocycles. The molecule has 1 heterocycles. The Morgan fingerprint density at radius 1 is 1.11 bits per heavy atom. The van der Waals surface area contributed by atoms with Gasteiger partial charge in [-0.25, -0.2) is 4.39 Å². The minimum Gasteiger partial charge on any atom is -0.490 e. The first kappa shape index (κ1) is 20.9. The number of hydrogen-bond acceptors (Lipinski definition) is 3. The minimum atomic E-state index is -0.296. The van der Waals surface area contributed by atoms with E-state index in [-0.39, 0.29) is 24.2 Å². The average Bonchev–Trinajstić information content (AvgIpc) is 2.68. The molecule has 2 aromatic rings. The van der Waals surface area contributed by atoms with Gasteiger partial charge in [-0.1, -0.05) is 35.3 Å². The molecule has 150 valence electrons. The summed E-state index contributed by atoms with van der Waals surface area (Å²) in [5.74, 6) is 0.390. The average molecular weight is 425 g/mol. The number of hydrogen-bond donors (Lipinski definition) is 1. The standard InChI is InChI=1S/C21H23Cl2FN2O2/c22-19-6-5-18(14-20(19)23)28-17-7-10-26(11-8-17)12-9-25-21(27)13-15-1-3-16(24)4-2-15/h1-6,14,17H,7-13H2,(H,25,27). The molecule has 0 atom stereocenters. The van der Waals surface area contributed by atoms with Gasteiger partial charge in [0.1, 0.15) is 17.7 Å². The van der Waals surface area contributed by atoms with E-state index in [1.807, 2.05) is 6.07 Å². The maximum Gasteiger partial charge on any atom is 0.224 e. The molecular formula is C21H23Cl2FN2O2. The third kappa shape index (κ3) is 6.36. The topological polar surface area (TPSA) is 41.6 Å². The first-order chi connectivity index (χ1) is 13.5. The lowest BCUT2D eigenvalue weighted by Crippen LogP contribution is -2.42. The fourth-order valence-corrected chi connectivity index (χ4v) is 3.49. The molecule has 1 saturated heterocycles. The molecule has 3 rings (SSSR count). The molecule has 0 unspecified atom stereocenters. The number of nitrogens with zero attached hydrogens (tertiary/aromatic N) is 1. The van der Waals surface area contributed by atoms with E-state index in [0.717, 1.165) is 43.8 Å². The number of nitrogens with one attached hydrogen (secondary N) is 1. The first-order valence-electron chi connectivity index (χ1n) is 9.35. The van der Waals surface area contributed by atoms with Crippen LogP contribution in [-0.4, -0.2) is 43.1 Å². The Balaban J connectivity index is 1.33. The van der Waals surface area contributed by atoms with Crippen LogP contribution in [0.25, 0.3) is 0 Å². The predicted octanol–water partition coefficient (Wildman–Crippen LogP) is 4.33. The molecule has 1 aliphatic rings. The van der Waals surface area contributed by atoms with Crippen LogP contribution in [0.4, 0.5) is 4.39 Å². The van der Waals surface area contributed by atoms with Crippen LogP contribution >= 0.6 is 23.2 Å². The smallest absolute Gasteiger partial charge is 0.224 e. The Morgan fingerprint density at radius 3 is 2.50 bits per heavy atom. The van der Waals surface area contributed by atoms with Crippen LogP contribution in [0.5, 0.6) is 5.75 Å². The molecule has 7 heteroatoms. The highest BCUT2D eigenvalue weighted by molar-refractivity contribution is 6.42. The van der Waals surface area contributed by atoms with Crippen molar-refractivity contribution in [1.29, 1.82) is 0 Å². The van der Waals surface area contributed by atoms with Crippen LogP contribution < -0.4 is 10.1 Å². The summed E-state index contributed by atoms with van der Waals surface area (Å²) in [7, 11) is 0. The number of carbonyl (C=O) groups is 1. The lowest BCUT2D eigenvalue weighted by atomic mass is 10.1. The van der Waals surface area contributed by atoms with Gasteiger partial charge in [0.05, 0.1) is 16.5 Å². The maximum atomic E-state index is 12.9. The summed E-state index contributed by atoms with van der Waals surface area (Å²) in [4.78, 5) is 14.3. The number of piperidine rings is 1. The maximum absolute atomic E-state index is 12.9. The van der Waals surface area contributed by atoms with E-state index < -0.39 is 0 Å². The zero-order valence-corrected chi connectivity index (χ0v) is 17.0. The fraction of sp³-hybridized carbons (Fsp3) is 0.381. The van der Waals surface area contributed by atoms with Gasteiger partial charge in [-0.2, -0.15) is 0 Å².